The Bertz CT molecular complexity index is 1120. The lowest BCUT2D eigenvalue weighted by Crippen LogP contribution is -2.32. The Balaban J connectivity index is 1.88. The topological polar surface area (TPSA) is 63.3 Å². The summed E-state index contributed by atoms with van der Waals surface area (Å²) in [5.74, 6) is 0.177. The zero-order valence-corrected chi connectivity index (χ0v) is 15.0. The van der Waals surface area contributed by atoms with Crippen molar-refractivity contribution in [1.29, 1.82) is 0 Å². The van der Waals surface area contributed by atoms with Crippen LogP contribution in [0, 0.1) is 0 Å². The van der Waals surface area contributed by atoms with E-state index < -0.39 is 12.0 Å². The highest BCUT2D eigenvalue weighted by atomic mass is 32.2. The van der Waals surface area contributed by atoms with E-state index in [9.17, 15) is 4.79 Å². The molecular weight excluding hydrogens is 342 g/mol. The van der Waals surface area contributed by atoms with Crippen LogP contribution in [0.5, 0.6) is 0 Å². The molecule has 3 nitrogen and oxygen atoms in total. The number of thioether (sulfide) groups is 1. The third kappa shape index (κ3) is 3.02. The predicted octanol–water partition coefficient (Wildman–Crippen LogP) is 4.79. The minimum absolute atomic E-state index is 0.397. The lowest BCUT2D eigenvalue weighted by molar-refractivity contribution is -0.137. The van der Waals surface area contributed by atoms with Crippen LogP contribution in [0.4, 0.5) is 0 Å². The zero-order chi connectivity index (χ0) is 18.1. The molecule has 130 valence electrons. The molecule has 0 radical (unpaired) electrons. The molecule has 0 saturated carbocycles. The molecule has 0 spiro atoms. The number of carboxylic acid groups (broad SMARTS) is 1. The van der Waals surface area contributed by atoms with E-state index >= 15 is 0 Å². The fourth-order valence-corrected chi connectivity index (χ4v) is 4.41. The molecule has 4 aromatic carbocycles. The van der Waals surface area contributed by atoms with Gasteiger partial charge in [0, 0.05) is 11.5 Å². The largest absolute Gasteiger partial charge is 0.480 e. The third-order valence-electron chi connectivity index (χ3n) is 4.70. The molecule has 26 heavy (non-hydrogen) atoms. The highest BCUT2D eigenvalue weighted by Crippen LogP contribution is 2.35. The molecule has 4 rings (SSSR count). The van der Waals surface area contributed by atoms with Crippen LogP contribution in [0.15, 0.2) is 66.7 Å². The van der Waals surface area contributed by atoms with Gasteiger partial charge >= 0.3 is 5.97 Å². The number of fused-ring (bicyclic) bond motifs is 5. The average Bonchev–Trinajstić information content (AvgIpc) is 2.67. The van der Waals surface area contributed by atoms with Crippen LogP contribution in [0.3, 0.4) is 0 Å². The second-order valence-electron chi connectivity index (χ2n) is 6.43. The minimum atomic E-state index is -0.952. The second-order valence-corrected chi connectivity index (χ2v) is 7.46. The van der Waals surface area contributed by atoms with Crippen molar-refractivity contribution < 1.29 is 9.90 Å². The molecule has 0 amide bonds. The first-order valence-corrected chi connectivity index (χ1v) is 9.69. The fraction of sp³-hybridized carbons (Fsp3) is 0.136. The third-order valence-corrected chi connectivity index (χ3v) is 5.81. The van der Waals surface area contributed by atoms with Crippen molar-refractivity contribution in [2.45, 2.75) is 11.8 Å². The van der Waals surface area contributed by atoms with Crippen molar-refractivity contribution in [2.75, 3.05) is 5.75 Å². The smallest absolute Gasteiger partial charge is 0.321 e. The van der Waals surface area contributed by atoms with Crippen LogP contribution in [0.2, 0.25) is 0 Å². The van der Waals surface area contributed by atoms with Gasteiger partial charge in [-0.15, -0.1) is 0 Å². The Morgan fingerprint density at radius 2 is 1.62 bits per heavy atom. The van der Waals surface area contributed by atoms with Gasteiger partial charge in [0.2, 0.25) is 0 Å². The normalized spacial score (nSPS) is 12.7. The van der Waals surface area contributed by atoms with Crippen molar-refractivity contribution in [3.05, 3.63) is 72.3 Å². The van der Waals surface area contributed by atoms with Gasteiger partial charge < -0.3 is 10.8 Å². The summed E-state index contributed by atoms with van der Waals surface area (Å²) in [4.78, 5) is 11.0. The summed E-state index contributed by atoms with van der Waals surface area (Å²) in [6.07, 6.45) is 0. The highest BCUT2D eigenvalue weighted by molar-refractivity contribution is 7.98. The van der Waals surface area contributed by atoms with Gasteiger partial charge in [0.25, 0.3) is 0 Å². The number of aliphatic carboxylic acids is 1. The Labute approximate surface area is 155 Å². The van der Waals surface area contributed by atoms with E-state index in [1.54, 1.807) is 11.8 Å². The SMILES string of the molecule is NC(CSCc1cc2ccccc2c2ccc3ccccc3c12)C(=O)O. The Hall–Kier alpha value is -2.56. The zero-order valence-electron chi connectivity index (χ0n) is 14.2. The standard InChI is InChI=1S/C22H19NO2S/c23-20(22(24)25)13-26-12-16-11-15-6-2-3-7-17(15)19-10-9-14-5-1-4-8-18(14)21(16)19/h1-11,20H,12-13,23H2,(H,24,25). The highest BCUT2D eigenvalue weighted by Gasteiger charge is 2.13. The van der Waals surface area contributed by atoms with E-state index in [4.69, 9.17) is 10.8 Å². The number of carboxylic acids is 1. The van der Waals surface area contributed by atoms with Crippen molar-refractivity contribution in [2.24, 2.45) is 5.73 Å². The van der Waals surface area contributed by atoms with E-state index in [2.05, 4.69) is 60.7 Å². The molecule has 3 N–H and O–H groups in total. The van der Waals surface area contributed by atoms with Gasteiger partial charge in [-0.1, -0.05) is 60.7 Å². The Morgan fingerprint density at radius 3 is 2.38 bits per heavy atom. The number of carbonyl (C=O) groups is 1. The van der Waals surface area contributed by atoms with E-state index in [-0.39, 0.29) is 0 Å². The van der Waals surface area contributed by atoms with Crippen LogP contribution in [0.1, 0.15) is 5.56 Å². The fourth-order valence-electron chi connectivity index (χ4n) is 3.45. The van der Waals surface area contributed by atoms with Crippen LogP contribution < -0.4 is 5.73 Å². The molecule has 0 fully saturated rings. The molecular formula is C22H19NO2S. The van der Waals surface area contributed by atoms with E-state index in [0.717, 1.165) is 5.75 Å². The molecule has 4 aromatic rings. The molecule has 4 heteroatoms. The van der Waals surface area contributed by atoms with Crippen LogP contribution >= 0.6 is 11.8 Å². The van der Waals surface area contributed by atoms with Gasteiger partial charge in [-0.25, -0.2) is 0 Å². The van der Waals surface area contributed by atoms with Crippen molar-refractivity contribution in [1.82, 2.24) is 0 Å². The second kappa shape index (κ2) is 6.98. The first-order chi connectivity index (χ1) is 12.6. The Morgan fingerprint density at radius 1 is 0.923 bits per heavy atom. The molecule has 0 bridgehead atoms. The van der Waals surface area contributed by atoms with Crippen LogP contribution in [-0.4, -0.2) is 22.9 Å². The number of hydrogen-bond donors (Lipinski definition) is 2. The van der Waals surface area contributed by atoms with Crippen LogP contribution in [-0.2, 0) is 10.5 Å². The average molecular weight is 361 g/mol. The summed E-state index contributed by atoms with van der Waals surface area (Å²) in [7, 11) is 0. The van der Waals surface area contributed by atoms with Gasteiger partial charge in [-0.3, -0.25) is 4.79 Å². The molecule has 1 atom stereocenters. The van der Waals surface area contributed by atoms with E-state index in [0.29, 0.717) is 5.75 Å². The summed E-state index contributed by atoms with van der Waals surface area (Å²) in [6.45, 7) is 0. The van der Waals surface area contributed by atoms with Gasteiger partial charge in [-0.05, 0) is 43.9 Å². The van der Waals surface area contributed by atoms with Gasteiger partial charge in [0.1, 0.15) is 6.04 Å². The Kier molecular flexibility index (Phi) is 4.53. The van der Waals surface area contributed by atoms with Crippen molar-refractivity contribution in [3.63, 3.8) is 0 Å². The number of hydrogen-bond acceptors (Lipinski definition) is 3. The first-order valence-electron chi connectivity index (χ1n) is 8.53. The number of rotatable bonds is 5. The summed E-state index contributed by atoms with van der Waals surface area (Å²) in [6, 6.07) is 22.5. The first kappa shape index (κ1) is 16.9. The predicted molar refractivity (Wildman–Crippen MR) is 111 cm³/mol. The molecule has 0 aromatic heterocycles. The lowest BCUT2D eigenvalue weighted by Gasteiger charge is -2.14. The number of benzene rings is 4. The monoisotopic (exact) mass is 361 g/mol. The van der Waals surface area contributed by atoms with Crippen molar-refractivity contribution >= 4 is 50.0 Å². The van der Waals surface area contributed by atoms with Gasteiger partial charge in [0.15, 0.2) is 0 Å². The van der Waals surface area contributed by atoms with Crippen LogP contribution in [0.25, 0.3) is 32.3 Å². The molecule has 0 heterocycles. The summed E-state index contributed by atoms with van der Waals surface area (Å²) >= 11 is 1.57. The maximum absolute atomic E-state index is 11.0. The minimum Gasteiger partial charge on any atom is -0.480 e. The maximum atomic E-state index is 11.0. The van der Waals surface area contributed by atoms with Gasteiger partial charge in [0.05, 0.1) is 0 Å². The lowest BCUT2D eigenvalue weighted by atomic mass is 9.93. The molecule has 0 saturated heterocycles. The molecule has 0 aliphatic heterocycles. The summed E-state index contributed by atoms with van der Waals surface area (Å²) < 4.78 is 0. The summed E-state index contributed by atoms with van der Waals surface area (Å²) in [5, 5.41) is 16.4. The quantitative estimate of drug-likeness (QED) is 0.502. The van der Waals surface area contributed by atoms with Gasteiger partial charge in [-0.2, -0.15) is 11.8 Å². The molecule has 0 aliphatic carbocycles. The molecule has 0 aliphatic rings. The van der Waals surface area contributed by atoms with E-state index in [1.807, 2.05) is 6.07 Å². The van der Waals surface area contributed by atoms with E-state index in [1.165, 1.54) is 37.9 Å². The molecule has 1 unspecified atom stereocenters. The van der Waals surface area contributed by atoms with Crippen molar-refractivity contribution in [3.8, 4) is 0 Å². The maximum Gasteiger partial charge on any atom is 0.321 e. The number of nitrogens with two attached hydrogens (primary N) is 1. The summed E-state index contributed by atoms with van der Waals surface area (Å²) in [5.41, 5.74) is 6.87.